The van der Waals surface area contributed by atoms with Gasteiger partial charge in [-0.3, -0.25) is 0 Å². The highest BCUT2D eigenvalue weighted by Gasteiger charge is 2.18. The molecule has 3 rings (SSSR count). The van der Waals surface area contributed by atoms with Gasteiger partial charge in [0.05, 0.1) is 10.0 Å². The molecule has 0 fully saturated rings. The fourth-order valence-electron chi connectivity index (χ4n) is 2.19. The van der Waals surface area contributed by atoms with Crippen molar-refractivity contribution < 1.29 is 14.6 Å². The molecule has 1 N–H and O–H groups in total. The Bertz CT molecular complexity index is 871. The summed E-state index contributed by atoms with van der Waals surface area (Å²) in [5.41, 5.74) is 0.327. The van der Waals surface area contributed by atoms with Crippen LogP contribution in [-0.4, -0.2) is 11.1 Å². The number of aromatic carboxylic acids is 1. The standard InChI is InChI=1S/C16H10BrClO3S/c1-8-15(16(19)20)11-6-13(12(17)7-14(11)22-8)21-10-4-2-9(18)3-5-10/h2-7H,1H3,(H,19,20). The summed E-state index contributed by atoms with van der Waals surface area (Å²) in [6.07, 6.45) is 0. The number of rotatable bonds is 3. The fraction of sp³-hybridized carbons (Fsp3) is 0.0625. The van der Waals surface area contributed by atoms with Crippen LogP contribution in [0.4, 0.5) is 0 Å². The van der Waals surface area contributed by atoms with Crippen molar-refractivity contribution in [3.63, 3.8) is 0 Å². The summed E-state index contributed by atoms with van der Waals surface area (Å²) in [4.78, 5) is 12.2. The number of carboxylic acid groups (broad SMARTS) is 1. The van der Waals surface area contributed by atoms with Crippen LogP contribution in [0.1, 0.15) is 15.2 Å². The molecule has 0 atom stereocenters. The molecule has 1 aromatic heterocycles. The smallest absolute Gasteiger partial charge is 0.337 e. The van der Waals surface area contributed by atoms with Crippen LogP contribution in [0.15, 0.2) is 40.9 Å². The maximum absolute atomic E-state index is 11.4. The summed E-state index contributed by atoms with van der Waals surface area (Å²) in [5, 5.41) is 10.7. The van der Waals surface area contributed by atoms with Crippen LogP contribution in [0.25, 0.3) is 10.1 Å². The van der Waals surface area contributed by atoms with E-state index in [2.05, 4.69) is 15.9 Å². The second kappa shape index (κ2) is 5.91. The van der Waals surface area contributed by atoms with Crippen LogP contribution < -0.4 is 4.74 Å². The second-order valence-corrected chi connectivity index (χ2v) is 7.22. The van der Waals surface area contributed by atoms with Gasteiger partial charge in [0.25, 0.3) is 0 Å². The van der Waals surface area contributed by atoms with Crippen molar-refractivity contribution in [2.75, 3.05) is 0 Å². The Morgan fingerprint density at radius 3 is 2.59 bits per heavy atom. The summed E-state index contributed by atoms with van der Waals surface area (Å²) in [7, 11) is 0. The molecule has 3 aromatic rings. The number of hydrogen-bond acceptors (Lipinski definition) is 3. The SMILES string of the molecule is Cc1sc2cc(Br)c(Oc3ccc(Cl)cc3)cc2c1C(=O)O. The van der Waals surface area contributed by atoms with Crippen LogP contribution in [0.2, 0.25) is 5.02 Å². The van der Waals surface area contributed by atoms with Crippen molar-refractivity contribution in [1.29, 1.82) is 0 Å². The van der Waals surface area contributed by atoms with Gasteiger partial charge >= 0.3 is 5.97 Å². The zero-order chi connectivity index (χ0) is 15.9. The number of carboxylic acids is 1. The lowest BCUT2D eigenvalue weighted by molar-refractivity contribution is 0.0699. The van der Waals surface area contributed by atoms with Crippen molar-refractivity contribution in [3.8, 4) is 11.5 Å². The lowest BCUT2D eigenvalue weighted by Crippen LogP contribution is -1.96. The molecule has 0 amide bonds. The Morgan fingerprint density at radius 2 is 1.95 bits per heavy atom. The van der Waals surface area contributed by atoms with Crippen LogP contribution in [0.3, 0.4) is 0 Å². The number of hydrogen-bond donors (Lipinski definition) is 1. The molecule has 0 aliphatic carbocycles. The summed E-state index contributed by atoms with van der Waals surface area (Å²) in [6.45, 7) is 1.81. The molecule has 6 heteroatoms. The maximum atomic E-state index is 11.4. The van der Waals surface area contributed by atoms with E-state index >= 15 is 0 Å². The van der Waals surface area contributed by atoms with Gasteiger partial charge in [-0.15, -0.1) is 11.3 Å². The lowest BCUT2D eigenvalue weighted by atomic mass is 10.1. The normalized spacial score (nSPS) is 10.9. The monoisotopic (exact) mass is 396 g/mol. The van der Waals surface area contributed by atoms with E-state index in [-0.39, 0.29) is 0 Å². The Labute approximate surface area is 144 Å². The Balaban J connectivity index is 2.09. The van der Waals surface area contributed by atoms with Crippen molar-refractivity contribution in [1.82, 2.24) is 0 Å². The molecule has 1 heterocycles. The van der Waals surface area contributed by atoms with Gasteiger partial charge in [0.15, 0.2) is 0 Å². The molecule has 2 aromatic carbocycles. The van der Waals surface area contributed by atoms with Gasteiger partial charge in [0.2, 0.25) is 0 Å². The van der Waals surface area contributed by atoms with E-state index in [4.69, 9.17) is 16.3 Å². The van der Waals surface area contributed by atoms with E-state index in [9.17, 15) is 9.90 Å². The molecule has 0 aliphatic rings. The van der Waals surface area contributed by atoms with Gasteiger partial charge in [-0.05, 0) is 59.3 Å². The molecule has 22 heavy (non-hydrogen) atoms. The summed E-state index contributed by atoms with van der Waals surface area (Å²) in [5.74, 6) is 0.270. The molecule has 0 spiro atoms. The van der Waals surface area contributed by atoms with Crippen LogP contribution in [-0.2, 0) is 0 Å². The van der Waals surface area contributed by atoms with Gasteiger partial charge in [-0.1, -0.05) is 11.6 Å². The Hall–Kier alpha value is -1.56. The molecule has 0 saturated carbocycles. The van der Waals surface area contributed by atoms with Gasteiger partial charge in [0.1, 0.15) is 11.5 Å². The van der Waals surface area contributed by atoms with Gasteiger partial charge in [-0.25, -0.2) is 4.79 Å². The van der Waals surface area contributed by atoms with E-state index in [1.54, 1.807) is 30.3 Å². The number of benzene rings is 2. The van der Waals surface area contributed by atoms with Crippen LogP contribution in [0, 0.1) is 6.92 Å². The maximum Gasteiger partial charge on any atom is 0.337 e. The highest BCUT2D eigenvalue weighted by Crippen LogP contribution is 2.39. The van der Waals surface area contributed by atoms with E-state index < -0.39 is 5.97 Å². The lowest BCUT2D eigenvalue weighted by Gasteiger charge is -2.08. The average molecular weight is 398 g/mol. The molecule has 0 saturated heterocycles. The van der Waals surface area contributed by atoms with Gasteiger partial charge in [0, 0.05) is 20.0 Å². The minimum atomic E-state index is -0.927. The molecule has 0 radical (unpaired) electrons. The van der Waals surface area contributed by atoms with E-state index in [1.807, 2.05) is 13.0 Å². The van der Waals surface area contributed by atoms with Crippen molar-refractivity contribution in [3.05, 3.63) is 56.3 Å². The van der Waals surface area contributed by atoms with Crippen LogP contribution in [0.5, 0.6) is 11.5 Å². The molecule has 3 nitrogen and oxygen atoms in total. The third-order valence-electron chi connectivity index (χ3n) is 3.17. The predicted molar refractivity (Wildman–Crippen MR) is 92.7 cm³/mol. The third-order valence-corrected chi connectivity index (χ3v) is 5.11. The van der Waals surface area contributed by atoms with E-state index in [0.717, 1.165) is 14.0 Å². The van der Waals surface area contributed by atoms with Gasteiger partial charge < -0.3 is 9.84 Å². The number of thiophene rings is 1. The zero-order valence-electron chi connectivity index (χ0n) is 11.4. The molecule has 112 valence electrons. The Morgan fingerprint density at radius 1 is 1.27 bits per heavy atom. The van der Waals surface area contributed by atoms with E-state index in [1.165, 1.54) is 11.3 Å². The predicted octanol–water partition coefficient (Wildman–Crippen LogP) is 6.12. The zero-order valence-corrected chi connectivity index (χ0v) is 14.6. The highest BCUT2D eigenvalue weighted by atomic mass is 79.9. The first-order valence-corrected chi connectivity index (χ1v) is 8.34. The van der Waals surface area contributed by atoms with Crippen LogP contribution >= 0.6 is 38.9 Å². The van der Waals surface area contributed by atoms with Crippen molar-refractivity contribution in [2.45, 2.75) is 6.92 Å². The number of halogens is 2. The summed E-state index contributed by atoms with van der Waals surface area (Å²) < 4.78 is 7.50. The molecule has 0 aliphatic heterocycles. The number of aryl methyl sites for hydroxylation is 1. The Kier molecular flexibility index (Phi) is 4.12. The van der Waals surface area contributed by atoms with Crippen molar-refractivity contribution >= 4 is 54.9 Å². The summed E-state index contributed by atoms with van der Waals surface area (Å²) >= 11 is 10.8. The first-order chi connectivity index (χ1) is 10.5. The number of fused-ring (bicyclic) bond motifs is 1. The average Bonchev–Trinajstić information content (AvgIpc) is 2.76. The molecule has 0 bridgehead atoms. The first kappa shape index (κ1) is 15.3. The topological polar surface area (TPSA) is 46.5 Å². The molecular weight excluding hydrogens is 388 g/mol. The van der Waals surface area contributed by atoms with Gasteiger partial charge in [-0.2, -0.15) is 0 Å². The fourth-order valence-corrected chi connectivity index (χ4v) is 3.97. The molecular formula is C16H10BrClO3S. The number of carbonyl (C=O) groups is 1. The minimum Gasteiger partial charge on any atom is -0.478 e. The second-order valence-electron chi connectivity index (χ2n) is 4.67. The number of ether oxygens (including phenoxy) is 1. The highest BCUT2D eigenvalue weighted by molar-refractivity contribution is 9.10. The first-order valence-electron chi connectivity index (χ1n) is 6.35. The summed E-state index contributed by atoms with van der Waals surface area (Å²) in [6, 6.07) is 10.6. The van der Waals surface area contributed by atoms with Crippen molar-refractivity contribution in [2.24, 2.45) is 0 Å². The third kappa shape index (κ3) is 2.84. The molecule has 0 unspecified atom stereocenters. The minimum absolute atomic E-state index is 0.327. The largest absolute Gasteiger partial charge is 0.478 e. The quantitative estimate of drug-likeness (QED) is 0.579. The van der Waals surface area contributed by atoms with E-state index in [0.29, 0.717) is 27.5 Å².